The minimum absolute atomic E-state index is 0.228. The number of aliphatic hydroxyl groups is 1. The van der Waals surface area contributed by atoms with Crippen LogP contribution in [0.4, 0.5) is 5.69 Å². The summed E-state index contributed by atoms with van der Waals surface area (Å²) in [7, 11) is 1.74. The molecular weight excluding hydrogens is 372 g/mol. The molecule has 4 heteroatoms. The summed E-state index contributed by atoms with van der Waals surface area (Å²) in [5.74, 6) is 1.18. The first-order valence-corrected chi connectivity index (χ1v) is 11.6. The predicted molar refractivity (Wildman–Crippen MR) is 123 cm³/mol. The van der Waals surface area contributed by atoms with E-state index in [9.17, 15) is 5.11 Å². The van der Waals surface area contributed by atoms with E-state index in [2.05, 4.69) is 52.3 Å². The van der Waals surface area contributed by atoms with Gasteiger partial charge in [-0.3, -0.25) is 4.90 Å². The number of para-hydroxylation sites is 2. The van der Waals surface area contributed by atoms with E-state index in [1.165, 1.54) is 17.7 Å². The maximum Gasteiger partial charge on any atom is 0.142 e. The van der Waals surface area contributed by atoms with Crippen LogP contribution in [0.5, 0.6) is 5.75 Å². The molecule has 4 nitrogen and oxygen atoms in total. The van der Waals surface area contributed by atoms with Gasteiger partial charge in [-0.1, -0.05) is 61.7 Å². The third kappa shape index (κ3) is 4.81. The normalized spacial score (nSPS) is 20.7. The number of ether oxygens (including phenoxy) is 1. The second kappa shape index (κ2) is 9.84. The van der Waals surface area contributed by atoms with Gasteiger partial charge < -0.3 is 14.7 Å². The molecule has 0 spiro atoms. The van der Waals surface area contributed by atoms with E-state index >= 15 is 0 Å². The second-order valence-corrected chi connectivity index (χ2v) is 8.92. The van der Waals surface area contributed by atoms with Gasteiger partial charge in [0.1, 0.15) is 5.75 Å². The fourth-order valence-corrected chi connectivity index (χ4v) is 5.36. The highest BCUT2D eigenvalue weighted by Gasteiger charge is 2.38. The fraction of sp³-hybridized carbons (Fsp3) is 0.538. The van der Waals surface area contributed by atoms with Crippen LogP contribution in [0.15, 0.2) is 54.6 Å². The van der Waals surface area contributed by atoms with E-state index in [1.807, 2.05) is 12.1 Å². The van der Waals surface area contributed by atoms with Crippen molar-refractivity contribution in [1.29, 1.82) is 0 Å². The van der Waals surface area contributed by atoms with Crippen molar-refractivity contribution in [1.82, 2.24) is 4.90 Å². The van der Waals surface area contributed by atoms with Crippen LogP contribution >= 0.6 is 0 Å². The molecule has 0 amide bonds. The number of methoxy groups -OCH3 is 1. The van der Waals surface area contributed by atoms with Crippen molar-refractivity contribution >= 4 is 5.69 Å². The highest BCUT2D eigenvalue weighted by Crippen LogP contribution is 2.42. The third-order valence-corrected chi connectivity index (χ3v) is 7.10. The van der Waals surface area contributed by atoms with E-state index in [-0.39, 0.29) is 5.92 Å². The number of hydrogen-bond donors (Lipinski definition) is 1. The minimum Gasteiger partial charge on any atom is -0.495 e. The fourth-order valence-electron chi connectivity index (χ4n) is 5.36. The molecule has 2 fully saturated rings. The van der Waals surface area contributed by atoms with Crippen molar-refractivity contribution in [3.05, 3.63) is 60.2 Å². The van der Waals surface area contributed by atoms with Crippen molar-refractivity contribution < 1.29 is 9.84 Å². The maximum atomic E-state index is 11.5. The molecule has 0 bridgehead atoms. The number of benzene rings is 2. The minimum atomic E-state index is -0.543. The van der Waals surface area contributed by atoms with Gasteiger partial charge >= 0.3 is 0 Å². The molecule has 2 aliphatic rings. The standard InChI is InChI=1S/C26H36N2O2/c1-30-25-13-7-6-12-24(25)28-20-18-27(19-21-28)17-14-23(22-10-4-2-5-11-22)26(29)15-8-3-9-16-26/h2,4-7,10-13,23,29H,3,8-9,14-21H2,1H3. The molecule has 0 aromatic heterocycles. The Morgan fingerprint density at radius 2 is 1.57 bits per heavy atom. The smallest absolute Gasteiger partial charge is 0.142 e. The van der Waals surface area contributed by atoms with Crippen LogP contribution in [0, 0.1) is 0 Å². The van der Waals surface area contributed by atoms with Gasteiger partial charge in [-0.15, -0.1) is 0 Å². The SMILES string of the molecule is COc1ccccc1N1CCN(CCC(c2ccccc2)C2(O)CCCCC2)CC1. The lowest BCUT2D eigenvalue weighted by molar-refractivity contribution is -0.0264. The molecule has 2 aromatic carbocycles. The number of nitrogens with zero attached hydrogens (tertiary/aromatic N) is 2. The van der Waals surface area contributed by atoms with Crippen LogP contribution in [0.3, 0.4) is 0 Å². The first-order chi connectivity index (χ1) is 14.7. The van der Waals surface area contributed by atoms with Crippen molar-refractivity contribution in [2.75, 3.05) is 44.7 Å². The van der Waals surface area contributed by atoms with Gasteiger partial charge in [0.25, 0.3) is 0 Å². The topological polar surface area (TPSA) is 35.9 Å². The lowest BCUT2D eigenvalue weighted by Crippen LogP contribution is -2.47. The van der Waals surface area contributed by atoms with E-state index in [1.54, 1.807) is 7.11 Å². The Labute approximate surface area is 181 Å². The lowest BCUT2D eigenvalue weighted by atomic mass is 9.71. The Morgan fingerprint density at radius 1 is 0.900 bits per heavy atom. The summed E-state index contributed by atoms with van der Waals surface area (Å²) >= 11 is 0. The molecule has 162 valence electrons. The molecular formula is C26H36N2O2. The first-order valence-electron chi connectivity index (χ1n) is 11.6. The Bertz CT molecular complexity index is 781. The van der Waals surface area contributed by atoms with Gasteiger partial charge in [0, 0.05) is 32.1 Å². The third-order valence-electron chi connectivity index (χ3n) is 7.10. The Kier molecular flexibility index (Phi) is 6.96. The highest BCUT2D eigenvalue weighted by molar-refractivity contribution is 5.58. The van der Waals surface area contributed by atoms with Gasteiger partial charge in [-0.2, -0.15) is 0 Å². The van der Waals surface area contributed by atoms with E-state index in [0.717, 1.165) is 70.6 Å². The Balaban J connectivity index is 1.38. The van der Waals surface area contributed by atoms with Crippen molar-refractivity contribution in [3.8, 4) is 5.75 Å². The molecule has 30 heavy (non-hydrogen) atoms. The predicted octanol–water partition coefficient (Wildman–Crippen LogP) is 4.69. The van der Waals surface area contributed by atoms with Crippen molar-refractivity contribution in [3.63, 3.8) is 0 Å². The van der Waals surface area contributed by atoms with E-state index < -0.39 is 5.60 Å². The van der Waals surface area contributed by atoms with Crippen LogP contribution in [0.1, 0.15) is 50.0 Å². The van der Waals surface area contributed by atoms with Crippen LogP contribution in [-0.2, 0) is 0 Å². The zero-order chi connectivity index (χ0) is 20.8. The average molecular weight is 409 g/mol. The molecule has 1 heterocycles. The molecule has 4 rings (SSSR count). The zero-order valence-corrected chi connectivity index (χ0v) is 18.3. The van der Waals surface area contributed by atoms with Crippen LogP contribution in [0.2, 0.25) is 0 Å². The number of rotatable bonds is 7. The van der Waals surface area contributed by atoms with Gasteiger partial charge in [0.05, 0.1) is 18.4 Å². The lowest BCUT2D eigenvalue weighted by Gasteiger charge is -2.42. The molecule has 1 saturated heterocycles. The van der Waals surface area contributed by atoms with E-state index in [4.69, 9.17) is 4.74 Å². The summed E-state index contributed by atoms with van der Waals surface area (Å²) in [6, 6.07) is 19.0. The summed E-state index contributed by atoms with van der Waals surface area (Å²) in [5, 5.41) is 11.5. The van der Waals surface area contributed by atoms with E-state index in [0.29, 0.717) is 0 Å². The quantitative estimate of drug-likeness (QED) is 0.721. The Morgan fingerprint density at radius 3 is 2.27 bits per heavy atom. The van der Waals surface area contributed by atoms with Crippen molar-refractivity contribution in [2.24, 2.45) is 0 Å². The number of anilines is 1. The van der Waals surface area contributed by atoms with Gasteiger partial charge in [0.15, 0.2) is 0 Å². The molecule has 1 aliphatic carbocycles. The molecule has 1 unspecified atom stereocenters. The molecule has 1 N–H and O–H groups in total. The summed E-state index contributed by atoms with van der Waals surface area (Å²) in [6.45, 7) is 5.18. The van der Waals surface area contributed by atoms with Gasteiger partial charge in [-0.25, -0.2) is 0 Å². The highest BCUT2D eigenvalue weighted by atomic mass is 16.5. The van der Waals surface area contributed by atoms with Crippen LogP contribution in [0.25, 0.3) is 0 Å². The summed E-state index contributed by atoms with van der Waals surface area (Å²) < 4.78 is 5.55. The molecule has 2 aromatic rings. The second-order valence-electron chi connectivity index (χ2n) is 8.92. The zero-order valence-electron chi connectivity index (χ0n) is 18.3. The molecule has 1 aliphatic heterocycles. The van der Waals surface area contributed by atoms with Crippen LogP contribution < -0.4 is 9.64 Å². The molecule has 1 saturated carbocycles. The van der Waals surface area contributed by atoms with Crippen LogP contribution in [-0.4, -0.2) is 55.4 Å². The average Bonchev–Trinajstić information content (AvgIpc) is 2.81. The Hall–Kier alpha value is -2.04. The largest absolute Gasteiger partial charge is 0.495 e. The van der Waals surface area contributed by atoms with Gasteiger partial charge in [0.2, 0.25) is 0 Å². The monoisotopic (exact) mass is 408 g/mol. The first kappa shape index (κ1) is 21.2. The summed E-state index contributed by atoms with van der Waals surface area (Å²) in [5.41, 5.74) is 1.95. The maximum absolute atomic E-state index is 11.5. The van der Waals surface area contributed by atoms with Gasteiger partial charge in [-0.05, 0) is 43.5 Å². The number of hydrogen-bond acceptors (Lipinski definition) is 4. The summed E-state index contributed by atoms with van der Waals surface area (Å²) in [4.78, 5) is 4.99. The molecule has 0 radical (unpaired) electrons. The van der Waals surface area contributed by atoms with Crippen molar-refractivity contribution in [2.45, 2.75) is 50.0 Å². The summed E-state index contributed by atoms with van der Waals surface area (Å²) in [6.07, 6.45) is 6.46. The molecule has 1 atom stereocenters. The number of piperazine rings is 1.